The molecule has 1 saturated heterocycles. The molecule has 1 unspecified atom stereocenters. The van der Waals surface area contributed by atoms with Gasteiger partial charge in [-0.2, -0.15) is 0 Å². The van der Waals surface area contributed by atoms with Gasteiger partial charge in [0.25, 0.3) is 0 Å². The summed E-state index contributed by atoms with van der Waals surface area (Å²) in [5.41, 5.74) is 2.46. The molecule has 4 rings (SSSR count). The quantitative estimate of drug-likeness (QED) is 0.608. The number of piperidine rings is 1. The van der Waals surface area contributed by atoms with Gasteiger partial charge >= 0.3 is 0 Å². The Hall–Kier alpha value is -2.03. The molecule has 1 fully saturated rings. The molecule has 156 valence electrons. The third-order valence-electron chi connectivity index (χ3n) is 5.79. The number of oxazole rings is 1. The van der Waals surface area contributed by atoms with Gasteiger partial charge in [0.05, 0.1) is 18.1 Å². The number of aromatic nitrogens is 4. The van der Waals surface area contributed by atoms with Crippen molar-refractivity contribution in [3.05, 3.63) is 51.6 Å². The van der Waals surface area contributed by atoms with E-state index in [0.717, 1.165) is 50.2 Å². The first-order chi connectivity index (χ1) is 14.2. The molecular weight excluding hydrogens is 386 g/mol. The minimum atomic E-state index is 0.231. The van der Waals surface area contributed by atoms with Crippen molar-refractivity contribution in [3.8, 4) is 0 Å². The zero-order chi connectivity index (χ0) is 20.2. The summed E-state index contributed by atoms with van der Waals surface area (Å²) in [6, 6.07) is 2.87. The Morgan fingerprint density at radius 2 is 2.24 bits per heavy atom. The average molecular weight is 416 g/mol. The molecule has 0 saturated carbocycles. The molecule has 0 aliphatic carbocycles. The van der Waals surface area contributed by atoms with Crippen molar-refractivity contribution in [1.29, 1.82) is 0 Å². The van der Waals surface area contributed by atoms with Crippen LogP contribution in [-0.2, 0) is 25.9 Å². The maximum Gasteiger partial charge on any atom is 0.180 e. The van der Waals surface area contributed by atoms with E-state index in [-0.39, 0.29) is 6.61 Å². The zero-order valence-corrected chi connectivity index (χ0v) is 17.9. The molecule has 0 spiro atoms. The predicted octanol–water partition coefficient (Wildman–Crippen LogP) is 3.24. The number of hydrogen-bond donors (Lipinski definition) is 1. The van der Waals surface area contributed by atoms with Gasteiger partial charge < -0.3 is 9.52 Å². The van der Waals surface area contributed by atoms with Gasteiger partial charge in [0.2, 0.25) is 0 Å². The minimum absolute atomic E-state index is 0.231. The maximum absolute atomic E-state index is 9.44. The van der Waals surface area contributed by atoms with Crippen LogP contribution in [-0.4, -0.2) is 49.2 Å². The SMILES string of the molecule is CCc1cc(C2CCN(Cc3cn(Cc4cnco4)nn3)[C@@H](C)C2)c(CCO)s1. The molecular formula is C21H29N5O2S. The van der Waals surface area contributed by atoms with Crippen LogP contribution in [0.25, 0.3) is 0 Å². The summed E-state index contributed by atoms with van der Waals surface area (Å²) in [5, 5.41) is 18.0. The van der Waals surface area contributed by atoms with Crippen LogP contribution in [0.15, 0.2) is 29.3 Å². The molecule has 29 heavy (non-hydrogen) atoms. The Morgan fingerprint density at radius 1 is 1.34 bits per heavy atom. The van der Waals surface area contributed by atoms with Gasteiger partial charge in [0.1, 0.15) is 12.3 Å². The lowest BCUT2D eigenvalue weighted by molar-refractivity contribution is 0.137. The highest BCUT2D eigenvalue weighted by molar-refractivity contribution is 7.12. The standard InChI is InChI=1S/C21H29N5O2S/c1-3-19-9-20(21(29-19)5-7-27)16-4-6-25(15(2)8-16)11-17-12-26(24-23-17)13-18-10-22-14-28-18/h9-10,12,14-16,27H,3-8,11,13H2,1-2H3/t15-,16?/m0/s1. The molecule has 3 aromatic rings. The van der Waals surface area contributed by atoms with Crippen LogP contribution < -0.4 is 0 Å². The molecule has 1 aliphatic heterocycles. The largest absolute Gasteiger partial charge is 0.447 e. The number of likely N-dealkylation sites (tertiary alicyclic amines) is 1. The summed E-state index contributed by atoms with van der Waals surface area (Å²) in [5.74, 6) is 1.36. The number of aryl methyl sites for hydroxylation is 1. The highest BCUT2D eigenvalue weighted by Gasteiger charge is 2.29. The van der Waals surface area contributed by atoms with Crippen molar-refractivity contribution in [2.75, 3.05) is 13.2 Å². The summed E-state index contributed by atoms with van der Waals surface area (Å²) < 4.78 is 7.08. The van der Waals surface area contributed by atoms with Gasteiger partial charge in [-0.05, 0) is 50.3 Å². The first kappa shape index (κ1) is 20.3. The fourth-order valence-corrected chi connectivity index (χ4v) is 5.42. The Kier molecular flexibility index (Phi) is 6.42. The van der Waals surface area contributed by atoms with Crippen molar-refractivity contribution in [3.63, 3.8) is 0 Å². The maximum atomic E-state index is 9.44. The van der Waals surface area contributed by atoms with E-state index in [2.05, 4.69) is 40.1 Å². The summed E-state index contributed by atoms with van der Waals surface area (Å²) in [6.45, 7) is 7.17. The summed E-state index contributed by atoms with van der Waals surface area (Å²) >= 11 is 1.88. The number of thiophene rings is 1. The van der Waals surface area contributed by atoms with Crippen LogP contribution in [0.4, 0.5) is 0 Å². The smallest absolute Gasteiger partial charge is 0.180 e. The number of aliphatic hydroxyl groups excluding tert-OH is 1. The van der Waals surface area contributed by atoms with E-state index in [4.69, 9.17) is 4.42 Å². The number of rotatable bonds is 8. The van der Waals surface area contributed by atoms with E-state index in [1.54, 1.807) is 10.9 Å². The number of nitrogens with zero attached hydrogens (tertiary/aromatic N) is 5. The third-order valence-corrected chi connectivity index (χ3v) is 7.14. The van der Waals surface area contributed by atoms with E-state index in [0.29, 0.717) is 18.5 Å². The Bertz CT molecular complexity index is 904. The number of aliphatic hydroxyl groups is 1. The highest BCUT2D eigenvalue weighted by atomic mass is 32.1. The average Bonchev–Trinajstić information content (AvgIpc) is 3.46. The molecule has 4 heterocycles. The molecule has 8 heteroatoms. The van der Waals surface area contributed by atoms with Gasteiger partial charge in [-0.1, -0.05) is 12.1 Å². The predicted molar refractivity (Wildman–Crippen MR) is 112 cm³/mol. The Balaban J connectivity index is 1.37. The molecule has 7 nitrogen and oxygen atoms in total. The van der Waals surface area contributed by atoms with Gasteiger partial charge in [-0.3, -0.25) is 4.90 Å². The second-order valence-corrected chi connectivity index (χ2v) is 9.06. The Morgan fingerprint density at radius 3 is 2.97 bits per heavy atom. The fraction of sp³-hybridized carbons (Fsp3) is 0.571. The van der Waals surface area contributed by atoms with E-state index < -0.39 is 0 Å². The van der Waals surface area contributed by atoms with Crippen molar-refractivity contribution >= 4 is 11.3 Å². The molecule has 0 bridgehead atoms. The molecule has 1 N–H and O–H groups in total. The summed E-state index contributed by atoms with van der Waals surface area (Å²) in [6.07, 6.45) is 9.27. The second kappa shape index (κ2) is 9.19. The van der Waals surface area contributed by atoms with E-state index in [1.165, 1.54) is 21.7 Å². The van der Waals surface area contributed by atoms with Crippen LogP contribution in [0.1, 0.15) is 59.4 Å². The van der Waals surface area contributed by atoms with E-state index >= 15 is 0 Å². The fourth-order valence-electron chi connectivity index (χ4n) is 4.23. The lowest BCUT2D eigenvalue weighted by Gasteiger charge is -2.37. The van der Waals surface area contributed by atoms with Crippen molar-refractivity contribution in [2.24, 2.45) is 0 Å². The van der Waals surface area contributed by atoms with Crippen LogP contribution in [0.2, 0.25) is 0 Å². The zero-order valence-electron chi connectivity index (χ0n) is 17.1. The Labute approximate surface area is 175 Å². The van der Waals surface area contributed by atoms with Crippen LogP contribution >= 0.6 is 11.3 Å². The van der Waals surface area contributed by atoms with Crippen molar-refractivity contribution in [1.82, 2.24) is 24.9 Å². The first-order valence-electron chi connectivity index (χ1n) is 10.4. The minimum Gasteiger partial charge on any atom is -0.447 e. The number of hydrogen-bond acceptors (Lipinski definition) is 7. The molecule has 0 aromatic carbocycles. The van der Waals surface area contributed by atoms with Crippen LogP contribution in [0.3, 0.4) is 0 Å². The van der Waals surface area contributed by atoms with Crippen LogP contribution in [0, 0.1) is 0 Å². The lowest BCUT2D eigenvalue weighted by Crippen LogP contribution is -2.39. The summed E-state index contributed by atoms with van der Waals surface area (Å²) in [7, 11) is 0. The third kappa shape index (κ3) is 4.76. The normalized spacial score (nSPS) is 20.4. The molecule has 1 aliphatic rings. The van der Waals surface area contributed by atoms with Gasteiger partial charge in [-0.15, -0.1) is 16.4 Å². The second-order valence-electron chi connectivity index (χ2n) is 7.83. The van der Waals surface area contributed by atoms with Crippen molar-refractivity contribution in [2.45, 2.75) is 64.6 Å². The van der Waals surface area contributed by atoms with Crippen LogP contribution in [0.5, 0.6) is 0 Å². The lowest BCUT2D eigenvalue weighted by atomic mass is 9.85. The summed E-state index contributed by atoms with van der Waals surface area (Å²) in [4.78, 5) is 9.25. The van der Waals surface area contributed by atoms with E-state index in [1.807, 2.05) is 17.5 Å². The first-order valence-corrected chi connectivity index (χ1v) is 11.2. The van der Waals surface area contributed by atoms with E-state index in [9.17, 15) is 5.11 Å². The van der Waals surface area contributed by atoms with Gasteiger partial charge in [0.15, 0.2) is 6.39 Å². The molecule has 0 radical (unpaired) electrons. The monoisotopic (exact) mass is 415 g/mol. The van der Waals surface area contributed by atoms with Gasteiger partial charge in [0, 0.05) is 35.4 Å². The molecule has 3 aromatic heterocycles. The topological polar surface area (TPSA) is 80.2 Å². The molecule has 0 amide bonds. The van der Waals surface area contributed by atoms with Crippen molar-refractivity contribution < 1.29 is 9.52 Å². The molecule has 2 atom stereocenters. The highest BCUT2D eigenvalue weighted by Crippen LogP contribution is 2.38. The van der Waals surface area contributed by atoms with Gasteiger partial charge in [-0.25, -0.2) is 9.67 Å².